The Morgan fingerprint density at radius 3 is 2.00 bits per heavy atom. The zero-order chi connectivity index (χ0) is 16.8. The highest BCUT2D eigenvalue weighted by atomic mass is 16.5. The van der Waals surface area contributed by atoms with E-state index in [9.17, 15) is 4.79 Å². The number of carbonyl (C=O) groups is 1. The first kappa shape index (κ1) is 16.7. The van der Waals surface area contributed by atoms with Crippen molar-refractivity contribution in [3.63, 3.8) is 0 Å². The molecule has 5 heteroatoms. The first-order valence-electron chi connectivity index (χ1n) is 7.25. The predicted molar refractivity (Wildman–Crippen MR) is 89.6 cm³/mol. The topological polar surface area (TPSA) is 56.8 Å². The van der Waals surface area contributed by atoms with Crippen LogP contribution in [-0.2, 0) is 4.79 Å². The third-order valence-corrected chi connectivity index (χ3v) is 3.44. The van der Waals surface area contributed by atoms with E-state index in [1.807, 2.05) is 32.0 Å². The van der Waals surface area contributed by atoms with Crippen LogP contribution in [0, 0.1) is 13.8 Å². The van der Waals surface area contributed by atoms with E-state index < -0.39 is 0 Å². The van der Waals surface area contributed by atoms with Crippen molar-refractivity contribution in [3.05, 3.63) is 47.5 Å². The minimum atomic E-state index is -0.218. The maximum atomic E-state index is 12.1. The van der Waals surface area contributed by atoms with Gasteiger partial charge in [-0.2, -0.15) is 0 Å². The summed E-state index contributed by atoms with van der Waals surface area (Å²) in [6, 6.07) is 11.0. The number of anilines is 1. The molecule has 0 fully saturated rings. The lowest BCUT2D eigenvalue weighted by molar-refractivity contribution is -0.118. The summed E-state index contributed by atoms with van der Waals surface area (Å²) in [7, 11) is 3.12. The number of para-hydroxylation sites is 1. The summed E-state index contributed by atoms with van der Waals surface area (Å²) in [4.78, 5) is 12.1. The number of benzene rings is 2. The second-order valence-electron chi connectivity index (χ2n) is 5.15. The summed E-state index contributed by atoms with van der Waals surface area (Å²) in [5.74, 6) is 1.51. The van der Waals surface area contributed by atoms with E-state index in [1.54, 1.807) is 32.4 Å². The number of ether oxygens (including phenoxy) is 3. The van der Waals surface area contributed by atoms with Crippen LogP contribution in [0.25, 0.3) is 0 Å². The normalized spacial score (nSPS) is 10.1. The molecule has 0 bridgehead atoms. The fourth-order valence-corrected chi connectivity index (χ4v) is 2.20. The Labute approximate surface area is 136 Å². The van der Waals surface area contributed by atoms with Gasteiger partial charge < -0.3 is 19.5 Å². The lowest BCUT2D eigenvalue weighted by atomic mass is 10.1. The summed E-state index contributed by atoms with van der Waals surface area (Å²) < 4.78 is 15.9. The van der Waals surface area contributed by atoms with Crippen molar-refractivity contribution in [2.75, 3.05) is 26.1 Å². The Kier molecular flexibility index (Phi) is 5.46. The lowest BCUT2D eigenvalue weighted by Crippen LogP contribution is -2.21. The Hall–Kier alpha value is -2.69. The number of methoxy groups -OCH3 is 2. The lowest BCUT2D eigenvalue weighted by Gasteiger charge is -2.13. The molecule has 2 aromatic rings. The van der Waals surface area contributed by atoms with E-state index in [0.29, 0.717) is 17.2 Å². The van der Waals surface area contributed by atoms with Gasteiger partial charge in [-0.25, -0.2) is 0 Å². The van der Waals surface area contributed by atoms with Gasteiger partial charge in [0.05, 0.1) is 14.2 Å². The molecule has 2 aromatic carbocycles. The van der Waals surface area contributed by atoms with Crippen molar-refractivity contribution in [1.29, 1.82) is 0 Å². The first-order valence-corrected chi connectivity index (χ1v) is 7.25. The van der Waals surface area contributed by atoms with Gasteiger partial charge in [0.1, 0.15) is 17.2 Å². The van der Waals surface area contributed by atoms with Crippen molar-refractivity contribution in [2.24, 2.45) is 0 Å². The predicted octanol–water partition coefficient (Wildman–Crippen LogP) is 3.34. The standard InChI is InChI=1S/C18H21NO4/c1-12-6-5-7-13(2)18(12)19-17(20)11-23-16-9-14(21-3)8-15(10-16)22-4/h5-10H,11H2,1-4H3,(H,19,20). The quantitative estimate of drug-likeness (QED) is 0.888. The third-order valence-electron chi connectivity index (χ3n) is 3.44. The molecule has 0 radical (unpaired) electrons. The average Bonchev–Trinajstić information content (AvgIpc) is 2.56. The SMILES string of the molecule is COc1cc(OC)cc(OCC(=O)Nc2c(C)cccc2C)c1. The van der Waals surface area contributed by atoms with Crippen LogP contribution in [0.4, 0.5) is 5.69 Å². The summed E-state index contributed by atoms with van der Waals surface area (Å²) in [6.45, 7) is 3.82. The van der Waals surface area contributed by atoms with Gasteiger partial charge in [0.25, 0.3) is 5.91 Å². The monoisotopic (exact) mass is 315 g/mol. The summed E-state index contributed by atoms with van der Waals surface area (Å²) in [5.41, 5.74) is 2.85. The molecule has 0 unspecified atom stereocenters. The van der Waals surface area contributed by atoms with Crippen LogP contribution in [0.5, 0.6) is 17.2 Å². The maximum absolute atomic E-state index is 12.1. The summed E-state index contributed by atoms with van der Waals surface area (Å²) in [5, 5.41) is 2.88. The van der Waals surface area contributed by atoms with Crippen molar-refractivity contribution in [2.45, 2.75) is 13.8 Å². The van der Waals surface area contributed by atoms with Gasteiger partial charge in [0.2, 0.25) is 0 Å². The number of aryl methyl sites for hydroxylation is 2. The first-order chi connectivity index (χ1) is 11.0. The van der Waals surface area contributed by atoms with Gasteiger partial charge in [0, 0.05) is 23.9 Å². The van der Waals surface area contributed by atoms with Crippen LogP contribution < -0.4 is 19.5 Å². The van der Waals surface area contributed by atoms with E-state index in [0.717, 1.165) is 16.8 Å². The molecule has 0 spiro atoms. The molecule has 0 atom stereocenters. The van der Waals surface area contributed by atoms with Gasteiger partial charge in [-0.1, -0.05) is 18.2 Å². The van der Waals surface area contributed by atoms with Gasteiger partial charge in [-0.15, -0.1) is 0 Å². The van der Waals surface area contributed by atoms with Crippen LogP contribution in [0.3, 0.4) is 0 Å². The molecular formula is C18H21NO4. The number of carbonyl (C=O) groups excluding carboxylic acids is 1. The Morgan fingerprint density at radius 1 is 0.957 bits per heavy atom. The van der Waals surface area contributed by atoms with E-state index in [1.165, 1.54) is 0 Å². The molecule has 0 aliphatic heterocycles. The van der Waals surface area contributed by atoms with E-state index >= 15 is 0 Å². The minimum absolute atomic E-state index is 0.0932. The fraction of sp³-hybridized carbons (Fsp3) is 0.278. The number of nitrogens with one attached hydrogen (secondary N) is 1. The van der Waals surface area contributed by atoms with Gasteiger partial charge >= 0.3 is 0 Å². The zero-order valence-corrected chi connectivity index (χ0v) is 13.8. The van der Waals surface area contributed by atoms with Crippen LogP contribution in [0.15, 0.2) is 36.4 Å². The van der Waals surface area contributed by atoms with Gasteiger partial charge in [0.15, 0.2) is 6.61 Å². The van der Waals surface area contributed by atoms with Crippen molar-refractivity contribution >= 4 is 11.6 Å². The molecule has 0 aromatic heterocycles. The molecule has 0 aliphatic rings. The van der Waals surface area contributed by atoms with Crippen molar-refractivity contribution < 1.29 is 19.0 Å². The molecule has 0 saturated carbocycles. The third kappa shape index (κ3) is 4.39. The summed E-state index contributed by atoms with van der Waals surface area (Å²) >= 11 is 0. The summed E-state index contributed by atoms with van der Waals surface area (Å²) in [6.07, 6.45) is 0. The molecule has 0 heterocycles. The Morgan fingerprint density at radius 2 is 1.48 bits per heavy atom. The molecular weight excluding hydrogens is 294 g/mol. The van der Waals surface area contributed by atoms with Crippen molar-refractivity contribution in [3.8, 4) is 17.2 Å². The molecule has 5 nitrogen and oxygen atoms in total. The van der Waals surface area contributed by atoms with E-state index in [4.69, 9.17) is 14.2 Å². The number of rotatable bonds is 6. The van der Waals surface area contributed by atoms with Gasteiger partial charge in [-0.3, -0.25) is 4.79 Å². The fourth-order valence-electron chi connectivity index (χ4n) is 2.20. The number of hydrogen-bond acceptors (Lipinski definition) is 4. The highest BCUT2D eigenvalue weighted by Crippen LogP contribution is 2.27. The molecule has 23 heavy (non-hydrogen) atoms. The second kappa shape index (κ2) is 7.54. The Balaban J connectivity index is 2.02. The number of hydrogen-bond donors (Lipinski definition) is 1. The molecule has 2 rings (SSSR count). The molecule has 0 saturated heterocycles. The molecule has 122 valence electrons. The van der Waals surface area contributed by atoms with Crippen LogP contribution >= 0.6 is 0 Å². The zero-order valence-electron chi connectivity index (χ0n) is 13.8. The molecule has 0 aliphatic carbocycles. The van der Waals surface area contributed by atoms with E-state index in [2.05, 4.69) is 5.32 Å². The van der Waals surface area contributed by atoms with Crippen molar-refractivity contribution in [1.82, 2.24) is 0 Å². The molecule has 1 amide bonds. The van der Waals surface area contributed by atoms with Gasteiger partial charge in [-0.05, 0) is 25.0 Å². The van der Waals surface area contributed by atoms with E-state index in [-0.39, 0.29) is 12.5 Å². The molecule has 1 N–H and O–H groups in total. The highest BCUT2D eigenvalue weighted by molar-refractivity contribution is 5.93. The largest absolute Gasteiger partial charge is 0.496 e. The van der Waals surface area contributed by atoms with Crippen LogP contribution in [0.2, 0.25) is 0 Å². The highest BCUT2D eigenvalue weighted by Gasteiger charge is 2.09. The Bertz CT molecular complexity index is 655. The van der Waals surface area contributed by atoms with Crippen LogP contribution in [-0.4, -0.2) is 26.7 Å². The smallest absolute Gasteiger partial charge is 0.262 e. The maximum Gasteiger partial charge on any atom is 0.262 e. The second-order valence-corrected chi connectivity index (χ2v) is 5.15. The number of amides is 1. The average molecular weight is 315 g/mol. The minimum Gasteiger partial charge on any atom is -0.496 e. The van der Waals surface area contributed by atoms with Crippen LogP contribution in [0.1, 0.15) is 11.1 Å².